The van der Waals surface area contributed by atoms with E-state index in [1.54, 1.807) is 17.0 Å². The van der Waals surface area contributed by atoms with Crippen LogP contribution in [0.1, 0.15) is 25.0 Å². The number of rotatable bonds is 6. The molecule has 0 radical (unpaired) electrons. The molecule has 0 aromatic heterocycles. The van der Waals surface area contributed by atoms with Crippen molar-refractivity contribution < 1.29 is 22.7 Å². The van der Waals surface area contributed by atoms with Crippen LogP contribution in [0.15, 0.2) is 53.4 Å². The van der Waals surface area contributed by atoms with Gasteiger partial charge in [0.05, 0.1) is 4.90 Å². The molecule has 0 fully saturated rings. The number of anilines is 1. The van der Waals surface area contributed by atoms with Gasteiger partial charge in [-0.1, -0.05) is 35.9 Å². The van der Waals surface area contributed by atoms with Gasteiger partial charge in [0.1, 0.15) is 6.54 Å². The van der Waals surface area contributed by atoms with Gasteiger partial charge in [-0.3, -0.25) is 9.59 Å². The minimum absolute atomic E-state index is 0.0407. The first-order valence-electron chi connectivity index (χ1n) is 9.36. The first-order chi connectivity index (χ1) is 13.7. The van der Waals surface area contributed by atoms with Crippen molar-refractivity contribution in [2.24, 2.45) is 0 Å². The zero-order valence-corrected chi connectivity index (χ0v) is 17.4. The Morgan fingerprint density at radius 1 is 1.17 bits per heavy atom. The van der Waals surface area contributed by atoms with Crippen LogP contribution in [0.5, 0.6) is 0 Å². The van der Waals surface area contributed by atoms with E-state index in [0.29, 0.717) is 0 Å². The molecule has 2 atom stereocenters. The van der Waals surface area contributed by atoms with Crippen molar-refractivity contribution in [2.45, 2.75) is 44.2 Å². The summed E-state index contributed by atoms with van der Waals surface area (Å²) in [6.45, 7) is 4.71. The minimum atomic E-state index is -3.84. The molecule has 1 amide bonds. The molecule has 1 heterocycles. The van der Waals surface area contributed by atoms with Gasteiger partial charge in [0.25, 0.3) is 5.91 Å². The second-order valence-electron chi connectivity index (χ2n) is 7.16. The number of nitrogens with one attached hydrogen (secondary N) is 1. The molecular weight excluding hydrogens is 392 g/mol. The molecule has 0 saturated carbocycles. The predicted molar refractivity (Wildman–Crippen MR) is 109 cm³/mol. The molecule has 0 saturated heterocycles. The van der Waals surface area contributed by atoms with Gasteiger partial charge < -0.3 is 9.64 Å². The summed E-state index contributed by atoms with van der Waals surface area (Å²) in [5.74, 6) is -1.15. The Bertz CT molecular complexity index is 1020. The van der Waals surface area contributed by atoms with Gasteiger partial charge in [-0.2, -0.15) is 4.72 Å². The standard InChI is InChI=1S/C21H24N2O5S/c1-14-8-10-18(11-9-14)29(26,27)22-13-20(24)28-16(3)21(25)23-15(2)12-17-6-4-5-7-19(17)23/h4-11,15-16,22H,12-13H2,1-3H3/t15-,16-/m1/s1. The number of carbonyl (C=O) groups excluding carboxylic acids is 2. The highest BCUT2D eigenvalue weighted by atomic mass is 32.2. The number of esters is 1. The van der Waals surface area contributed by atoms with E-state index in [-0.39, 0.29) is 16.8 Å². The van der Waals surface area contributed by atoms with E-state index in [4.69, 9.17) is 4.74 Å². The normalized spacial score (nSPS) is 16.9. The summed E-state index contributed by atoms with van der Waals surface area (Å²) in [5, 5.41) is 0. The molecule has 1 aliphatic rings. The van der Waals surface area contributed by atoms with Crippen molar-refractivity contribution in [1.82, 2.24) is 4.72 Å². The molecule has 1 aliphatic heterocycles. The Morgan fingerprint density at radius 2 is 1.83 bits per heavy atom. The third-order valence-corrected chi connectivity index (χ3v) is 6.26. The van der Waals surface area contributed by atoms with Crippen LogP contribution in [0.2, 0.25) is 0 Å². The van der Waals surface area contributed by atoms with E-state index >= 15 is 0 Å². The van der Waals surface area contributed by atoms with Gasteiger partial charge in [0.2, 0.25) is 10.0 Å². The van der Waals surface area contributed by atoms with E-state index in [9.17, 15) is 18.0 Å². The molecule has 8 heteroatoms. The van der Waals surface area contributed by atoms with Gasteiger partial charge in [-0.25, -0.2) is 8.42 Å². The number of hydrogen-bond donors (Lipinski definition) is 1. The lowest BCUT2D eigenvalue weighted by molar-refractivity contribution is -0.152. The molecule has 0 spiro atoms. The Kier molecular flexibility index (Phi) is 6.04. The summed E-state index contributed by atoms with van der Waals surface area (Å²) in [6, 6.07) is 13.8. The maximum Gasteiger partial charge on any atom is 0.321 e. The lowest BCUT2D eigenvalue weighted by Gasteiger charge is -2.26. The number of carbonyl (C=O) groups is 2. The van der Waals surface area contributed by atoms with Crippen LogP contribution in [-0.4, -0.2) is 39.0 Å². The Labute approximate surface area is 170 Å². The highest BCUT2D eigenvalue weighted by molar-refractivity contribution is 7.89. The average molecular weight is 416 g/mol. The quantitative estimate of drug-likeness (QED) is 0.729. The number of ether oxygens (including phenoxy) is 1. The van der Waals surface area contributed by atoms with Gasteiger partial charge in [0, 0.05) is 11.7 Å². The van der Waals surface area contributed by atoms with Crippen LogP contribution in [0.3, 0.4) is 0 Å². The Balaban J connectivity index is 1.59. The molecule has 1 N–H and O–H groups in total. The van der Waals surface area contributed by atoms with E-state index in [2.05, 4.69) is 4.72 Å². The van der Waals surface area contributed by atoms with Crippen LogP contribution in [0.25, 0.3) is 0 Å². The third-order valence-electron chi connectivity index (χ3n) is 4.84. The number of para-hydroxylation sites is 1. The highest BCUT2D eigenvalue weighted by Gasteiger charge is 2.34. The van der Waals surface area contributed by atoms with Gasteiger partial charge in [-0.05, 0) is 51.0 Å². The van der Waals surface area contributed by atoms with Crippen LogP contribution in [-0.2, 0) is 30.8 Å². The molecule has 3 rings (SSSR count). The van der Waals surface area contributed by atoms with Crippen molar-refractivity contribution in [3.05, 3.63) is 59.7 Å². The van der Waals surface area contributed by atoms with Crippen molar-refractivity contribution in [1.29, 1.82) is 0 Å². The fourth-order valence-electron chi connectivity index (χ4n) is 3.34. The van der Waals surface area contributed by atoms with Crippen LogP contribution in [0.4, 0.5) is 5.69 Å². The lowest BCUT2D eigenvalue weighted by atomic mass is 10.1. The van der Waals surface area contributed by atoms with Crippen LogP contribution in [0, 0.1) is 6.92 Å². The summed E-state index contributed by atoms with van der Waals surface area (Å²) in [7, 11) is -3.84. The number of nitrogens with zero attached hydrogens (tertiary/aromatic N) is 1. The number of benzene rings is 2. The second-order valence-corrected chi connectivity index (χ2v) is 8.93. The molecule has 7 nitrogen and oxygen atoms in total. The topological polar surface area (TPSA) is 92.8 Å². The molecule has 154 valence electrons. The first kappa shape index (κ1) is 21.0. The highest BCUT2D eigenvalue weighted by Crippen LogP contribution is 2.32. The summed E-state index contributed by atoms with van der Waals surface area (Å²) in [6.07, 6.45) is -0.293. The number of sulfonamides is 1. The number of fused-ring (bicyclic) bond motifs is 1. The molecule has 0 bridgehead atoms. The van der Waals surface area contributed by atoms with E-state index in [1.807, 2.05) is 38.1 Å². The monoisotopic (exact) mass is 416 g/mol. The Morgan fingerprint density at radius 3 is 2.52 bits per heavy atom. The lowest BCUT2D eigenvalue weighted by Crippen LogP contribution is -2.44. The first-order valence-corrected chi connectivity index (χ1v) is 10.8. The molecule has 0 unspecified atom stereocenters. The van der Waals surface area contributed by atoms with E-state index in [0.717, 1.165) is 23.2 Å². The maximum absolute atomic E-state index is 12.8. The van der Waals surface area contributed by atoms with Crippen molar-refractivity contribution >= 4 is 27.6 Å². The second kappa shape index (κ2) is 8.34. The van der Waals surface area contributed by atoms with Gasteiger partial charge in [0.15, 0.2) is 6.10 Å². The summed E-state index contributed by atoms with van der Waals surface area (Å²) < 4.78 is 31.9. The summed E-state index contributed by atoms with van der Waals surface area (Å²) >= 11 is 0. The van der Waals surface area contributed by atoms with Crippen molar-refractivity contribution in [3.63, 3.8) is 0 Å². The number of hydrogen-bond acceptors (Lipinski definition) is 5. The smallest absolute Gasteiger partial charge is 0.321 e. The molecule has 29 heavy (non-hydrogen) atoms. The SMILES string of the molecule is Cc1ccc(S(=O)(=O)NCC(=O)O[C@H](C)C(=O)N2c3ccccc3C[C@H]2C)cc1. The summed E-state index contributed by atoms with van der Waals surface area (Å²) in [5.41, 5.74) is 2.80. The predicted octanol–water partition coefficient (Wildman–Crippen LogP) is 2.18. The molecule has 0 aliphatic carbocycles. The van der Waals surface area contributed by atoms with E-state index in [1.165, 1.54) is 19.1 Å². The van der Waals surface area contributed by atoms with Crippen molar-refractivity contribution in [3.8, 4) is 0 Å². The van der Waals surface area contributed by atoms with Crippen molar-refractivity contribution in [2.75, 3.05) is 11.4 Å². The number of amides is 1. The molecule has 2 aromatic carbocycles. The summed E-state index contributed by atoms with van der Waals surface area (Å²) in [4.78, 5) is 26.6. The largest absolute Gasteiger partial charge is 0.452 e. The zero-order valence-electron chi connectivity index (χ0n) is 16.6. The van der Waals surface area contributed by atoms with E-state index < -0.39 is 28.6 Å². The van der Waals surface area contributed by atoms with Crippen LogP contribution >= 0.6 is 0 Å². The zero-order chi connectivity index (χ0) is 21.2. The fraction of sp³-hybridized carbons (Fsp3) is 0.333. The Hall–Kier alpha value is -2.71. The molecular formula is C21H24N2O5S. The molecule has 2 aromatic rings. The van der Waals surface area contributed by atoms with Crippen LogP contribution < -0.4 is 9.62 Å². The fourth-order valence-corrected chi connectivity index (χ4v) is 4.31. The number of aryl methyl sites for hydroxylation is 1. The van der Waals surface area contributed by atoms with Gasteiger partial charge >= 0.3 is 5.97 Å². The average Bonchev–Trinajstić information content (AvgIpc) is 3.02. The minimum Gasteiger partial charge on any atom is -0.452 e. The maximum atomic E-state index is 12.8. The van der Waals surface area contributed by atoms with Gasteiger partial charge in [-0.15, -0.1) is 0 Å². The third kappa shape index (κ3) is 4.65.